The maximum Gasteiger partial charge on any atom is 0.248 e. The van der Waals surface area contributed by atoms with Crippen LogP contribution in [0.25, 0.3) is 22.4 Å². The maximum absolute atomic E-state index is 11.4. The molecule has 1 aromatic heterocycles. The summed E-state index contributed by atoms with van der Waals surface area (Å²) in [4.78, 5) is 19.2. The molecule has 2 heterocycles. The predicted octanol–water partition coefficient (Wildman–Crippen LogP) is 4.30. The number of nitrogens with one attached hydrogen (secondary N) is 1. The number of aromatic nitrogens is 2. The lowest BCUT2D eigenvalue weighted by molar-refractivity contribution is 0.100. The highest BCUT2D eigenvalue weighted by atomic mass is 35.5. The molecule has 0 saturated heterocycles. The molecule has 6 nitrogen and oxygen atoms in total. The number of H-pyrrole nitrogens is 1. The van der Waals surface area contributed by atoms with Gasteiger partial charge in [-0.1, -0.05) is 35.9 Å². The number of carbonyl (C=O) groups excluding carboxylic acids is 1. The molecule has 4 aromatic rings. The first-order valence-corrected chi connectivity index (χ1v) is 9.41. The molecule has 0 saturated carbocycles. The van der Waals surface area contributed by atoms with E-state index in [1.165, 1.54) is 0 Å². The summed E-state index contributed by atoms with van der Waals surface area (Å²) in [6.07, 6.45) is 0.678. The number of primary amides is 1. The average molecular weight is 406 g/mol. The molecule has 144 valence electrons. The summed E-state index contributed by atoms with van der Waals surface area (Å²) in [6.45, 7) is 0.224. The van der Waals surface area contributed by atoms with Gasteiger partial charge in [-0.15, -0.1) is 0 Å². The fourth-order valence-corrected chi connectivity index (χ4v) is 3.62. The first-order valence-electron chi connectivity index (χ1n) is 9.04. The second-order valence-electron chi connectivity index (χ2n) is 6.85. The zero-order valence-electron chi connectivity index (χ0n) is 15.2. The largest absolute Gasteiger partial charge is 0.454 e. The summed E-state index contributed by atoms with van der Waals surface area (Å²) in [5.41, 5.74) is 10.4. The van der Waals surface area contributed by atoms with Crippen molar-refractivity contribution in [2.75, 3.05) is 6.79 Å². The summed E-state index contributed by atoms with van der Waals surface area (Å²) in [5, 5.41) is 0.654. The number of fused-ring (bicyclic) bond motifs is 2. The van der Waals surface area contributed by atoms with E-state index in [0.29, 0.717) is 22.8 Å². The fourth-order valence-electron chi connectivity index (χ4n) is 3.39. The lowest BCUT2D eigenvalue weighted by atomic mass is 10.0. The molecule has 5 rings (SSSR count). The summed E-state index contributed by atoms with van der Waals surface area (Å²) in [5.74, 6) is 1.67. The lowest BCUT2D eigenvalue weighted by Crippen LogP contribution is -2.10. The van der Waals surface area contributed by atoms with Crippen molar-refractivity contribution in [1.29, 1.82) is 0 Å². The van der Waals surface area contributed by atoms with E-state index in [1.807, 2.05) is 30.3 Å². The summed E-state index contributed by atoms with van der Waals surface area (Å²) >= 11 is 6.38. The Balaban J connectivity index is 1.40. The molecule has 1 aliphatic heterocycles. The van der Waals surface area contributed by atoms with Crippen LogP contribution in [-0.2, 0) is 6.42 Å². The third-order valence-corrected chi connectivity index (χ3v) is 5.28. The van der Waals surface area contributed by atoms with Crippen molar-refractivity contribution in [1.82, 2.24) is 9.97 Å². The quantitative estimate of drug-likeness (QED) is 0.529. The van der Waals surface area contributed by atoms with Gasteiger partial charge >= 0.3 is 0 Å². The molecule has 0 atom stereocenters. The highest BCUT2D eigenvalue weighted by Crippen LogP contribution is 2.37. The number of nitrogens with zero attached hydrogens (tertiary/aromatic N) is 1. The molecule has 0 bridgehead atoms. The van der Waals surface area contributed by atoms with Crippen LogP contribution >= 0.6 is 11.6 Å². The Morgan fingerprint density at radius 3 is 2.59 bits per heavy atom. The van der Waals surface area contributed by atoms with Gasteiger partial charge < -0.3 is 20.2 Å². The van der Waals surface area contributed by atoms with E-state index < -0.39 is 5.91 Å². The van der Waals surface area contributed by atoms with Crippen LogP contribution in [0.5, 0.6) is 11.5 Å². The van der Waals surface area contributed by atoms with Gasteiger partial charge in [-0.3, -0.25) is 4.79 Å². The van der Waals surface area contributed by atoms with E-state index in [4.69, 9.17) is 26.8 Å². The van der Waals surface area contributed by atoms with Gasteiger partial charge in [0.05, 0.1) is 11.0 Å². The number of imidazole rings is 1. The van der Waals surface area contributed by atoms with Crippen molar-refractivity contribution < 1.29 is 14.3 Å². The number of hydrogen-bond donors (Lipinski definition) is 2. The molecule has 0 unspecified atom stereocenters. The third-order valence-electron chi connectivity index (χ3n) is 4.93. The molecule has 1 aliphatic rings. The molecule has 0 radical (unpaired) electrons. The summed E-state index contributed by atoms with van der Waals surface area (Å²) in [7, 11) is 0. The Kier molecular flexibility index (Phi) is 4.14. The van der Waals surface area contributed by atoms with E-state index in [1.54, 1.807) is 24.3 Å². The molecule has 3 aromatic carbocycles. The molecule has 7 heteroatoms. The zero-order valence-corrected chi connectivity index (χ0v) is 16.0. The van der Waals surface area contributed by atoms with E-state index in [-0.39, 0.29) is 6.79 Å². The van der Waals surface area contributed by atoms with Crippen LogP contribution in [0.4, 0.5) is 0 Å². The minimum Gasteiger partial charge on any atom is -0.454 e. The van der Waals surface area contributed by atoms with Gasteiger partial charge in [0, 0.05) is 22.2 Å². The minimum absolute atomic E-state index is 0.224. The van der Waals surface area contributed by atoms with Gasteiger partial charge in [0.15, 0.2) is 11.5 Å². The minimum atomic E-state index is -0.463. The van der Waals surface area contributed by atoms with E-state index >= 15 is 0 Å². The van der Waals surface area contributed by atoms with Gasteiger partial charge in [-0.05, 0) is 41.8 Å². The molecule has 29 heavy (non-hydrogen) atoms. The number of carbonyl (C=O) groups is 1. The summed E-state index contributed by atoms with van der Waals surface area (Å²) < 4.78 is 10.8. The van der Waals surface area contributed by atoms with Crippen LogP contribution < -0.4 is 15.2 Å². The normalized spacial score (nSPS) is 12.4. The molecule has 0 fully saturated rings. The molecule has 1 amide bonds. The van der Waals surface area contributed by atoms with Crippen molar-refractivity contribution in [3.63, 3.8) is 0 Å². The first-order chi connectivity index (χ1) is 14.1. The zero-order chi connectivity index (χ0) is 20.0. The number of aromatic amines is 1. The monoisotopic (exact) mass is 405 g/mol. The van der Waals surface area contributed by atoms with Gasteiger partial charge in [0.1, 0.15) is 5.82 Å². The molecule has 0 aliphatic carbocycles. The van der Waals surface area contributed by atoms with Crippen LogP contribution in [0.1, 0.15) is 21.5 Å². The molecule has 3 N–H and O–H groups in total. The van der Waals surface area contributed by atoms with Crippen LogP contribution in [-0.4, -0.2) is 22.7 Å². The maximum atomic E-state index is 11.4. The average Bonchev–Trinajstić information content (AvgIpc) is 3.34. The highest BCUT2D eigenvalue weighted by Gasteiger charge is 2.17. The number of amides is 1. The second kappa shape index (κ2) is 6.83. The Bertz CT molecular complexity index is 1250. The van der Waals surface area contributed by atoms with E-state index in [0.717, 1.165) is 39.3 Å². The molecular weight excluding hydrogens is 390 g/mol. The van der Waals surface area contributed by atoms with Crippen molar-refractivity contribution in [2.24, 2.45) is 5.73 Å². The molecular formula is C22H16ClN3O3. The van der Waals surface area contributed by atoms with E-state index in [2.05, 4.69) is 9.97 Å². The Morgan fingerprint density at radius 2 is 1.83 bits per heavy atom. The first kappa shape index (κ1) is 17.6. The van der Waals surface area contributed by atoms with Crippen molar-refractivity contribution in [3.8, 4) is 22.9 Å². The Labute approximate surface area is 171 Å². The number of ether oxygens (including phenoxy) is 2. The van der Waals surface area contributed by atoms with Crippen LogP contribution in [0, 0.1) is 0 Å². The second-order valence-corrected chi connectivity index (χ2v) is 7.26. The standard InChI is InChI=1S/C22H16ClN3O3/c23-16-10-20-19(28-11-29-20)9-15(16)7-12-1-3-13(4-2-12)22-25-17-6-5-14(21(24)27)8-18(17)26-22/h1-6,8-10H,7,11H2,(H2,24,27)(H,25,26). The number of rotatable bonds is 4. The number of benzene rings is 3. The third kappa shape index (κ3) is 3.28. The van der Waals surface area contributed by atoms with Crippen molar-refractivity contribution in [3.05, 3.63) is 76.3 Å². The highest BCUT2D eigenvalue weighted by molar-refractivity contribution is 6.31. The van der Waals surface area contributed by atoms with Crippen LogP contribution in [0.3, 0.4) is 0 Å². The van der Waals surface area contributed by atoms with Gasteiger partial charge in [-0.25, -0.2) is 4.98 Å². The van der Waals surface area contributed by atoms with Crippen LogP contribution in [0.2, 0.25) is 5.02 Å². The number of hydrogen-bond acceptors (Lipinski definition) is 4. The predicted molar refractivity (Wildman–Crippen MR) is 110 cm³/mol. The Hall–Kier alpha value is -3.51. The smallest absolute Gasteiger partial charge is 0.248 e. The topological polar surface area (TPSA) is 90.2 Å². The summed E-state index contributed by atoms with van der Waals surface area (Å²) in [6, 6.07) is 17.0. The Morgan fingerprint density at radius 1 is 1.07 bits per heavy atom. The number of nitrogens with two attached hydrogens (primary N) is 1. The van der Waals surface area contributed by atoms with Crippen molar-refractivity contribution >= 4 is 28.5 Å². The van der Waals surface area contributed by atoms with Crippen molar-refractivity contribution in [2.45, 2.75) is 6.42 Å². The number of halogens is 1. The van der Waals surface area contributed by atoms with Gasteiger partial charge in [0.2, 0.25) is 12.7 Å². The lowest BCUT2D eigenvalue weighted by Gasteiger charge is -2.07. The van der Waals surface area contributed by atoms with E-state index in [9.17, 15) is 4.79 Å². The fraction of sp³-hybridized carbons (Fsp3) is 0.0909. The van der Waals surface area contributed by atoms with Gasteiger partial charge in [0.25, 0.3) is 0 Å². The molecule has 0 spiro atoms. The van der Waals surface area contributed by atoms with Crippen LogP contribution in [0.15, 0.2) is 54.6 Å². The van der Waals surface area contributed by atoms with Gasteiger partial charge in [-0.2, -0.15) is 0 Å². The SMILES string of the molecule is NC(=O)c1ccc2nc(-c3ccc(Cc4cc5c(cc4Cl)OCO5)cc3)[nH]c2c1.